The number of alkyl halides is 3. The van der Waals surface area contributed by atoms with Gasteiger partial charge < -0.3 is 5.32 Å². The van der Waals surface area contributed by atoms with Gasteiger partial charge in [-0.2, -0.15) is 13.2 Å². The Hall–Kier alpha value is -1.77. The number of carbonyl (C=O) groups is 1. The first-order chi connectivity index (χ1) is 11.3. The second-order valence-electron chi connectivity index (χ2n) is 5.88. The summed E-state index contributed by atoms with van der Waals surface area (Å²) in [7, 11) is 0. The molecule has 0 aliphatic heterocycles. The van der Waals surface area contributed by atoms with Gasteiger partial charge in [0.1, 0.15) is 0 Å². The Balaban J connectivity index is 1.75. The monoisotopic (exact) mass is 358 g/mol. The molecule has 1 amide bonds. The molecule has 130 valence electrons. The topological polar surface area (TPSA) is 59.3 Å². The maximum absolute atomic E-state index is 12.8. The van der Waals surface area contributed by atoms with Crippen LogP contribution in [-0.4, -0.2) is 31.8 Å². The van der Waals surface area contributed by atoms with Crippen LogP contribution >= 0.6 is 11.8 Å². The second kappa shape index (κ2) is 6.62. The van der Waals surface area contributed by atoms with Crippen molar-refractivity contribution in [3.63, 3.8) is 0 Å². The van der Waals surface area contributed by atoms with Gasteiger partial charge in [-0.05, 0) is 31.9 Å². The number of thioether (sulfide) groups is 1. The van der Waals surface area contributed by atoms with Gasteiger partial charge in [0, 0.05) is 12.2 Å². The van der Waals surface area contributed by atoms with E-state index in [-0.39, 0.29) is 17.1 Å². The van der Waals surface area contributed by atoms with E-state index in [1.54, 1.807) is 6.92 Å². The van der Waals surface area contributed by atoms with Crippen LogP contribution in [0.2, 0.25) is 0 Å². The summed E-state index contributed by atoms with van der Waals surface area (Å²) in [5, 5.41) is 10.5. The highest BCUT2D eigenvalue weighted by atomic mass is 32.2. The molecule has 1 N–H and O–H groups in total. The number of halogens is 3. The van der Waals surface area contributed by atoms with Crippen LogP contribution in [0, 0.1) is 0 Å². The van der Waals surface area contributed by atoms with E-state index in [0.717, 1.165) is 49.7 Å². The Morgan fingerprint density at radius 1 is 1.33 bits per heavy atom. The summed E-state index contributed by atoms with van der Waals surface area (Å²) >= 11 is 1.10. The molecule has 0 radical (unpaired) electrons. The number of fused-ring (bicyclic) bond motifs is 1. The predicted molar refractivity (Wildman–Crippen MR) is 83.7 cm³/mol. The summed E-state index contributed by atoms with van der Waals surface area (Å²) in [4.78, 5) is 12.2. The second-order valence-corrected chi connectivity index (χ2v) is 7.18. The molecule has 1 saturated carbocycles. The van der Waals surface area contributed by atoms with Crippen molar-refractivity contribution in [3.05, 3.63) is 23.9 Å². The van der Waals surface area contributed by atoms with E-state index < -0.39 is 17.0 Å². The molecule has 1 aliphatic rings. The number of pyridine rings is 1. The van der Waals surface area contributed by atoms with Crippen molar-refractivity contribution in [3.8, 4) is 0 Å². The van der Waals surface area contributed by atoms with Gasteiger partial charge >= 0.3 is 6.18 Å². The van der Waals surface area contributed by atoms with Crippen LogP contribution in [0.3, 0.4) is 0 Å². The van der Waals surface area contributed by atoms with Gasteiger partial charge in [0.15, 0.2) is 10.8 Å². The van der Waals surface area contributed by atoms with Crippen molar-refractivity contribution in [2.24, 2.45) is 0 Å². The molecule has 2 aromatic heterocycles. The van der Waals surface area contributed by atoms with Crippen molar-refractivity contribution in [1.29, 1.82) is 0 Å². The van der Waals surface area contributed by atoms with E-state index in [2.05, 4.69) is 15.5 Å². The lowest BCUT2D eigenvalue weighted by Crippen LogP contribution is -2.37. The zero-order valence-corrected chi connectivity index (χ0v) is 13.8. The fraction of sp³-hybridized carbons (Fsp3) is 0.533. The van der Waals surface area contributed by atoms with Crippen molar-refractivity contribution < 1.29 is 18.0 Å². The first kappa shape index (κ1) is 17.1. The zero-order valence-electron chi connectivity index (χ0n) is 13.0. The lowest BCUT2D eigenvalue weighted by Gasteiger charge is -2.15. The van der Waals surface area contributed by atoms with Gasteiger partial charge in [-0.3, -0.25) is 9.20 Å². The molecule has 2 aromatic rings. The van der Waals surface area contributed by atoms with Gasteiger partial charge in [0.2, 0.25) is 5.91 Å². The van der Waals surface area contributed by atoms with Crippen LogP contribution < -0.4 is 5.32 Å². The van der Waals surface area contributed by atoms with Crippen LogP contribution in [0.15, 0.2) is 23.5 Å². The van der Waals surface area contributed by atoms with Crippen molar-refractivity contribution in [1.82, 2.24) is 19.9 Å². The molecule has 1 aliphatic carbocycles. The fourth-order valence-corrected chi connectivity index (χ4v) is 3.56. The molecule has 1 atom stereocenters. The van der Waals surface area contributed by atoms with E-state index in [1.807, 2.05) is 0 Å². The fourth-order valence-electron chi connectivity index (χ4n) is 2.72. The van der Waals surface area contributed by atoms with E-state index in [0.29, 0.717) is 5.65 Å². The molecular weight excluding hydrogens is 341 g/mol. The summed E-state index contributed by atoms with van der Waals surface area (Å²) < 4.78 is 39.8. The largest absolute Gasteiger partial charge is 0.417 e. The van der Waals surface area contributed by atoms with E-state index >= 15 is 0 Å². The molecule has 0 bridgehead atoms. The maximum atomic E-state index is 12.8. The first-order valence-electron chi connectivity index (χ1n) is 7.73. The molecule has 3 rings (SSSR count). The number of carbonyl (C=O) groups excluding carboxylic acids is 1. The van der Waals surface area contributed by atoms with Crippen molar-refractivity contribution >= 4 is 23.3 Å². The third-order valence-corrected chi connectivity index (χ3v) is 5.11. The Bertz CT molecular complexity index is 740. The zero-order chi connectivity index (χ0) is 17.3. The third-order valence-electron chi connectivity index (χ3n) is 4.05. The number of aromatic nitrogens is 3. The molecule has 9 heteroatoms. The van der Waals surface area contributed by atoms with Crippen molar-refractivity contribution in [2.45, 2.75) is 55.2 Å². The van der Waals surface area contributed by atoms with Crippen LogP contribution in [0.1, 0.15) is 38.2 Å². The molecule has 5 nitrogen and oxygen atoms in total. The highest BCUT2D eigenvalue weighted by Crippen LogP contribution is 2.31. The minimum absolute atomic E-state index is 0.129. The maximum Gasteiger partial charge on any atom is 0.417 e. The molecule has 0 unspecified atom stereocenters. The molecule has 0 aromatic carbocycles. The number of hydrogen-bond donors (Lipinski definition) is 1. The SMILES string of the molecule is C[C@H](Sc1nnc2ccc(C(F)(F)F)cn12)C(=O)NC1CCCC1. The van der Waals surface area contributed by atoms with Crippen LogP contribution in [0.25, 0.3) is 5.65 Å². The minimum atomic E-state index is -4.44. The highest BCUT2D eigenvalue weighted by Gasteiger charge is 2.31. The number of amides is 1. The van der Waals surface area contributed by atoms with Gasteiger partial charge in [0.25, 0.3) is 0 Å². The normalized spacial score (nSPS) is 17.3. The average molecular weight is 358 g/mol. The number of nitrogens with one attached hydrogen (secondary N) is 1. The first-order valence-corrected chi connectivity index (χ1v) is 8.61. The average Bonchev–Trinajstić information content (AvgIpc) is 3.16. The quantitative estimate of drug-likeness (QED) is 0.852. The predicted octanol–water partition coefficient (Wildman–Crippen LogP) is 3.29. The van der Waals surface area contributed by atoms with E-state index in [1.165, 1.54) is 10.5 Å². The Labute approximate surface area is 141 Å². The van der Waals surface area contributed by atoms with Gasteiger partial charge in [-0.1, -0.05) is 24.6 Å². The van der Waals surface area contributed by atoms with Crippen molar-refractivity contribution in [2.75, 3.05) is 0 Å². The number of rotatable bonds is 4. The third kappa shape index (κ3) is 3.66. The van der Waals surface area contributed by atoms with Crippen LogP contribution in [-0.2, 0) is 11.0 Å². The number of hydrogen-bond acceptors (Lipinski definition) is 4. The molecule has 1 fully saturated rings. The molecule has 24 heavy (non-hydrogen) atoms. The lowest BCUT2D eigenvalue weighted by molar-refractivity contribution is -0.137. The standard InChI is InChI=1S/C15H17F3N4OS/c1-9(13(23)19-11-4-2-3-5-11)24-14-21-20-12-7-6-10(8-22(12)14)15(16,17)18/h6-9,11H,2-5H2,1H3,(H,19,23)/t9-/m0/s1. The molecular formula is C15H17F3N4OS. The van der Waals surface area contributed by atoms with Gasteiger partial charge in [0.05, 0.1) is 10.8 Å². The summed E-state index contributed by atoms with van der Waals surface area (Å²) in [5.41, 5.74) is -0.464. The summed E-state index contributed by atoms with van der Waals surface area (Å²) in [6.07, 6.45) is 0.700. The summed E-state index contributed by atoms with van der Waals surface area (Å²) in [5.74, 6) is -0.129. The van der Waals surface area contributed by atoms with E-state index in [4.69, 9.17) is 0 Å². The smallest absolute Gasteiger partial charge is 0.352 e. The Morgan fingerprint density at radius 2 is 2.04 bits per heavy atom. The molecule has 2 heterocycles. The van der Waals surface area contributed by atoms with Crippen LogP contribution in [0.4, 0.5) is 13.2 Å². The lowest BCUT2D eigenvalue weighted by atomic mass is 10.2. The van der Waals surface area contributed by atoms with Gasteiger partial charge in [-0.25, -0.2) is 0 Å². The molecule has 0 spiro atoms. The minimum Gasteiger partial charge on any atom is -0.352 e. The highest BCUT2D eigenvalue weighted by molar-refractivity contribution is 8.00. The number of nitrogens with zero attached hydrogens (tertiary/aromatic N) is 3. The Morgan fingerprint density at radius 3 is 2.71 bits per heavy atom. The molecule has 0 saturated heterocycles. The van der Waals surface area contributed by atoms with Gasteiger partial charge in [-0.15, -0.1) is 10.2 Å². The van der Waals surface area contributed by atoms with E-state index in [9.17, 15) is 18.0 Å². The Kier molecular flexibility index (Phi) is 4.71. The summed E-state index contributed by atoms with van der Waals surface area (Å²) in [6.45, 7) is 1.71. The van der Waals surface area contributed by atoms with Crippen LogP contribution in [0.5, 0.6) is 0 Å². The summed E-state index contributed by atoms with van der Waals surface area (Å²) in [6, 6.07) is 2.44.